The third-order valence-corrected chi connectivity index (χ3v) is 2.09. The number of carbonyl (C=O) groups is 1. The molecule has 4 nitrogen and oxygen atoms in total. The molecule has 1 saturated carbocycles. The molecule has 1 aliphatic heterocycles. The zero-order valence-corrected chi connectivity index (χ0v) is 5.91. The SMILES string of the molecule is O=C(O)C1(C2CC2)NC=CO1. The number of carboxylic acid groups (broad SMARTS) is 1. The van der Waals surface area contributed by atoms with E-state index in [1.807, 2.05) is 0 Å². The lowest BCUT2D eigenvalue weighted by Crippen LogP contribution is -2.50. The lowest BCUT2D eigenvalue weighted by Gasteiger charge is -2.23. The van der Waals surface area contributed by atoms with E-state index in [-0.39, 0.29) is 5.92 Å². The molecule has 1 fully saturated rings. The van der Waals surface area contributed by atoms with E-state index in [0.717, 1.165) is 12.8 Å². The maximum atomic E-state index is 10.8. The Morgan fingerprint density at radius 2 is 2.45 bits per heavy atom. The number of rotatable bonds is 2. The highest BCUT2D eigenvalue weighted by Crippen LogP contribution is 2.42. The second kappa shape index (κ2) is 1.90. The second-order valence-corrected chi connectivity index (χ2v) is 2.88. The number of ether oxygens (including phenoxy) is 1. The summed E-state index contributed by atoms with van der Waals surface area (Å²) < 4.78 is 5.03. The number of hydrogen-bond donors (Lipinski definition) is 2. The Hall–Kier alpha value is -1.19. The van der Waals surface area contributed by atoms with Gasteiger partial charge < -0.3 is 15.2 Å². The first-order chi connectivity index (χ1) is 5.26. The predicted octanol–water partition coefficient (Wildman–Crippen LogP) is 0.268. The standard InChI is InChI=1S/C7H9NO3/c9-6(10)7(5-1-2-5)8-3-4-11-7/h3-5,8H,1-2H2,(H,9,10). The summed E-state index contributed by atoms with van der Waals surface area (Å²) in [6, 6.07) is 0. The monoisotopic (exact) mass is 155 g/mol. The fourth-order valence-electron chi connectivity index (χ4n) is 1.32. The van der Waals surface area contributed by atoms with Gasteiger partial charge >= 0.3 is 5.97 Å². The Bertz CT molecular complexity index is 212. The molecule has 0 aromatic heterocycles. The van der Waals surface area contributed by atoms with Crippen molar-refractivity contribution in [3.8, 4) is 0 Å². The van der Waals surface area contributed by atoms with Gasteiger partial charge in [0.25, 0.3) is 5.72 Å². The number of nitrogens with one attached hydrogen (secondary N) is 1. The van der Waals surface area contributed by atoms with Gasteiger partial charge in [0, 0.05) is 12.1 Å². The molecule has 2 N–H and O–H groups in total. The molecule has 1 aliphatic carbocycles. The highest BCUT2D eigenvalue weighted by Gasteiger charge is 2.54. The van der Waals surface area contributed by atoms with Crippen LogP contribution >= 0.6 is 0 Å². The van der Waals surface area contributed by atoms with E-state index in [1.54, 1.807) is 0 Å². The lowest BCUT2D eigenvalue weighted by molar-refractivity contribution is -0.162. The van der Waals surface area contributed by atoms with Gasteiger partial charge in [-0.3, -0.25) is 0 Å². The van der Waals surface area contributed by atoms with Gasteiger partial charge in [-0.15, -0.1) is 0 Å². The Kier molecular flexibility index (Phi) is 1.13. The molecule has 0 bridgehead atoms. The molecule has 0 spiro atoms. The van der Waals surface area contributed by atoms with Crippen LogP contribution in [0.15, 0.2) is 12.5 Å². The molecule has 11 heavy (non-hydrogen) atoms. The summed E-state index contributed by atoms with van der Waals surface area (Å²) in [5.41, 5.74) is -1.14. The third kappa shape index (κ3) is 0.785. The van der Waals surface area contributed by atoms with Crippen LogP contribution in [0, 0.1) is 5.92 Å². The maximum absolute atomic E-state index is 10.8. The van der Waals surface area contributed by atoms with E-state index in [9.17, 15) is 4.79 Å². The molecule has 0 aromatic rings. The second-order valence-electron chi connectivity index (χ2n) is 2.88. The number of carboxylic acids is 1. The quantitative estimate of drug-likeness (QED) is 0.600. The Morgan fingerprint density at radius 1 is 1.73 bits per heavy atom. The van der Waals surface area contributed by atoms with Crippen LogP contribution < -0.4 is 5.32 Å². The van der Waals surface area contributed by atoms with Crippen molar-refractivity contribution in [2.75, 3.05) is 0 Å². The Labute approximate surface area is 63.8 Å². The van der Waals surface area contributed by atoms with Crippen LogP contribution in [0.5, 0.6) is 0 Å². The lowest BCUT2D eigenvalue weighted by atomic mass is 10.1. The average molecular weight is 155 g/mol. The van der Waals surface area contributed by atoms with Gasteiger partial charge in [-0.05, 0) is 12.8 Å². The van der Waals surface area contributed by atoms with E-state index in [1.165, 1.54) is 12.5 Å². The fourth-order valence-corrected chi connectivity index (χ4v) is 1.32. The molecule has 4 heteroatoms. The number of aliphatic carboxylic acids is 1. The largest absolute Gasteiger partial charge is 0.477 e. The van der Waals surface area contributed by atoms with Gasteiger partial charge in [0.05, 0.1) is 0 Å². The molecule has 2 aliphatic rings. The van der Waals surface area contributed by atoms with Crippen LogP contribution in [0.2, 0.25) is 0 Å². The molecular weight excluding hydrogens is 146 g/mol. The first kappa shape index (κ1) is 6.52. The highest BCUT2D eigenvalue weighted by atomic mass is 16.5. The van der Waals surface area contributed by atoms with E-state index in [4.69, 9.17) is 9.84 Å². The van der Waals surface area contributed by atoms with Gasteiger partial charge in [-0.2, -0.15) is 0 Å². The van der Waals surface area contributed by atoms with Crippen molar-refractivity contribution in [1.82, 2.24) is 5.32 Å². The Balaban J connectivity index is 2.19. The van der Waals surface area contributed by atoms with Crippen LogP contribution in [0.4, 0.5) is 0 Å². The minimum atomic E-state index is -1.14. The minimum absolute atomic E-state index is 0.134. The Morgan fingerprint density at radius 3 is 2.82 bits per heavy atom. The molecule has 2 rings (SSSR count). The summed E-state index contributed by atoms with van der Waals surface area (Å²) in [6.45, 7) is 0. The van der Waals surface area contributed by atoms with E-state index >= 15 is 0 Å². The average Bonchev–Trinajstić information content (AvgIpc) is 2.69. The summed E-state index contributed by atoms with van der Waals surface area (Å²) in [4.78, 5) is 10.8. The fraction of sp³-hybridized carbons (Fsp3) is 0.571. The number of hydrogen-bond acceptors (Lipinski definition) is 3. The zero-order chi connectivity index (χ0) is 7.90. The van der Waals surface area contributed by atoms with Gasteiger partial charge in [0.1, 0.15) is 6.26 Å². The van der Waals surface area contributed by atoms with Crippen molar-refractivity contribution in [3.05, 3.63) is 12.5 Å². The van der Waals surface area contributed by atoms with Gasteiger partial charge in [-0.1, -0.05) is 0 Å². The molecular formula is C7H9NO3. The predicted molar refractivity (Wildman–Crippen MR) is 36.5 cm³/mol. The molecule has 1 heterocycles. The summed E-state index contributed by atoms with van der Waals surface area (Å²) in [5, 5.41) is 11.6. The van der Waals surface area contributed by atoms with Gasteiger partial charge in [-0.25, -0.2) is 4.79 Å². The van der Waals surface area contributed by atoms with Gasteiger partial charge in [0.2, 0.25) is 0 Å². The highest BCUT2D eigenvalue weighted by molar-refractivity contribution is 5.78. The van der Waals surface area contributed by atoms with E-state index in [2.05, 4.69) is 5.32 Å². The maximum Gasteiger partial charge on any atom is 0.370 e. The van der Waals surface area contributed by atoms with Crippen LogP contribution in [-0.4, -0.2) is 16.8 Å². The van der Waals surface area contributed by atoms with Crippen molar-refractivity contribution in [2.45, 2.75) is 18.6 Å². The minimum Gasteiger partial charge on any atom is -0.477 e. The first-order valence-electron chi connectivity index (χ1n) is 3.59. The summed E-state index contributed by atoms with van der Waals surface area (Å²) in [6.07, 6.45) is 4.79. The molecule has 0 saturated heterocycles. The molecule has 60 valence electrons. The van der Waals surface area contributed by atoms with Crippen molar-refractivity contribution in [2.24, 2.45) is 5.92 Å². The molecule has 0 amide bonds. The molecule has 0 aromatic carbocycles. The first-order valence-corrected chi connectivity index (χ1v) is 3.59. The van der Waals surface area contributed by atoms with Crippen LogP contribution in [-0.2, 0) is 9.53 Å². The zero-order valence-electron chi connectivity index (χ0n) is 5.91. The topological polar surface area (TPSA) is 58.6 Å². The van der Waals surface area contributed by atoms with Crippen molar-refractivity contribution in [1.29, 1.82) is 0 Å². The van der Waals surface area contributed by atoms with Gasteiger partial charge in [0.15, 0.2) is 0 Å². The van der Waals surface area contributed by atoms with Crippen molar-refractivity contribution in [3.63, 3.8) is 0 Å². The molecule has 1 unspecified atom stereocenters. The van der Waals surface area contributed by atoms with Crippen molar-refractivity contribution < 1.29 is 14.6 Å². The van der Waals surface area contributed by atoms with Crippen LogP contribution in [0.1, 0.15) is 12.8 Å². The smallest absolute Gasteiger partial charge is 0.370 e. The van der Waals surface area contributed by atoms with E-state index in [0.29, 0.717) is 0 Å². The summed E-state index contributed by atoms with van der Waals surface area (Å²) >= 11 is 0. The normalized spacial score (nSPS) is 34.5. The molecule has 1 atom stereocenters. The summed E-state index contributed by atoms with van der Waals surface area (Å²) in [7, 11) is 0. The van der Waals surface area contributed by atoms with Crippen molar-refractivity contribution >= 4 is 5.97 Å². The van der Waals surface area contributed by atoms with E-state index < -0.39 is 11.7 Å². The third-order valence-electron chi connectivity index (χ3n) is 2.09. The van der Waals surface area contributed by atoms with Crippen LogP contribution in [0.3, 0.4) is 0 Å². The summed E-state index contributed by atoms with van der Waals surface area (Å²) in [5.74, 6) is -0.792. The van der Waals surface area contributed by atoms with Crippen LogP contribution in [0.25, 0.3) is 0 Å². The molecule has 0 radical (unpaired) electrons.